The zero-order valence-corrected chi connectivity index (χ0v) is 22.8. The van der Waals surface area contributed by atoms with Gasteiger partial charge in [0.2, 0.25) is 11.8 Å². The number of rotatable bonds is 10. The van der Waals surface area contributed by atoms with Crippen LogP contribution in [0.3, 0.4) is 0 Å². The van der Waals surface area contributed by atoms with Gasteiger partial charge < -0.3 is 24.6 Å². The molecule has 0 radical (unpaired) electrons. The molecule has 3 aromatic rings. The number of likely N-dealkylation sites (tertiary alicyclic amines) is 1. The molecule has 1 saturated heterocycles. The molecule has 1 aliphatic carbocycles. The molecule has 2 aromatic heterocycles. The molecule has 1 aliphatic heterocycles. The van der Waals surface area contributed by atoms with Crippen molar-refractivity contribution in [1.29, 1.82) is 0 Å². The smallest absolute Gasteiger partial charge is 0.264 e. The number of aliphatic hydroxyl groups excluding tert-OH is 1. The van der Waals surface area contributed by atoms with Crippen LogP contribution in [0.15, 0.2) is 35.0 Å². The topological polar surface area (TPSA) is 148 Å². The summed E-state index contributed by atoms with van der Waals surface area (Å²) in [5.74, 6) is 0.482. The Kier molecular flexibility index (Phi) is 7.83. The molecule has 2 fully saturated rings. The molecule has 1 saturated carbocycles. The highest BCUT2D eigenvalue weighted by molar-refractivity contribution is 5.90. The molecule has 0 unspecified atom stereocenters. The number of hydrogen-bond acceptors (Lipinski definition) is 9. The van der Waals surface area contributed by atoms with Gasteiger partial charge in [0.25, 0.3) is 5.89 Å². The highest BCUT2D eigenvalue weighted by Crippen LogP contribution is 2.40. The zero-order chi connectivity index (χ0) is 28.4. The predicted octanol–water partition coefficient (Wildman–Crippen LogP) is 2.16. The maximum Gasteiger partial charge on any atom is 0.264 e. The normalized spacial score (nSPS) is 20.0. The lowest BCUT2D eigenvalue weighted by Gasteiger charge is -2.34. The molecule has 214 valence electrons. The fraction of sp³-hybridized carbons (Fsp3) is 0.556. The fourth-order valence-electron chi connectivity index (χ4n) is 4.87. The number of hydrogen-bond donors (Lipinski definition) is 2. The molecule has 12 nitrogen and oxygen atoms in total. The number of halogens is 1. The van der Waals surface area contributed by atoms with Gasteiger partial charge in [-0.1, -0.05) is 31.1 Å². The summed E-state index contributed by atoms with van der Waals surface area (Å²) in [7, 11) is 0. The van der Waals surface area contributed by atoms with Crippen LogP contribution in [0, 0.1) is 11.2 Å². The van der Waals surface area contributed by atoms with Gasteiger partial charge in [-0.15, -0.1) is 5.10 Å². The van der Waals surface area contributed by atoms with Gasteiger partial charge in [-0.3, -0.25) is 9.59 Å². The summed E-state index contributed by atoms with van der Waals surface area (Å²) in [5.41, 5.74) is 0.376. The van der Waals surface area contributed by atoms with E-state index in [1.807, 2.05) is 27.0 Å². The molecule has 5 rings (SSSR count). The van der Waals surface area contributed by atoms with Gasteiger partial charge in [0.15, 0.2) is 12.4 Å². The summed E-state index contributed by atoms with van der Waals surface area (Å²) in [4.78, 5) is 32.6. The van der Waals surface area contributed by atoms with Crippen LogP contribution in [0.1, 0.15) is 69.4 Å². The van der Waals surface area contributed by atoms with Gasteiger partial charge in [0.1, 0.15) is 23.7 Å². The summed E-state index contributed by atoms with van der Waals surface area (Å²) in [6, 6.07) is 4.08. The van der Waals surface area contributed by atoms with Gasteiger partial charge in [-0.2, -0.15) is 4.98 Å². The minimum atomic E-state index is -0.816. The van der Waals surface area contributed by atoms with Crippen LogP contribution < -0.4 is 10.1 Å². The van der Waals surface area contributed by atoms with Crippen molar-refractivity contribution in [3.8, 4) is 5.75 Å². The van der Waals surface area contributed by atoms with Crippen LogP contribution in [0.25, 0.3) is 0 Å². The average molecular weight is 556 g/mol. The van der Waals surface area contributed by atoms with Gasteiger partial charge in [-0.05, 0) is 42.5 Å². The molecule has 3 heterocycles. The summed E-state index contributed by atoms with van der Waals surface area (Å²) in [6.07, 6.45) is 3.61. The van der Waals surface area contributed by atoms with Crippen LogP contribution >= 0.6 is 0 Å². The standard InChI is InChI=1S/C27H34FN7O5/c1-27(2,3)24(35-14-20(31-33-35)16-4-5-16)26(38)34-13-18(36)12-21(34)25(37)29-11-10-22-30-23(40-32-22)15-39-19-8-6-17(28)7-9-19/h6-9,14,16,18,21,24,36H,4-5,10-13,15H2,1-3H3,(H,29,37)/t18-,21+,24-/m1/s1. The number of β-amino-alcohol motifs (C(OH)–C–C–N with tert-alkyl or cyclic N) is 1. The molecule has 2 amide bonds. The van der Waals surface area contributed by atoms with Crippen molar-refractivity contribution in [2.75, 3.05) is 13.1 Å². The number of benzene rings is 1. The molecule has 40 heavy (non-hydrogen) atoms. The van der Waals surface area contributed by atoms with Crippen molar-refractivity contribution in [1.82, 2.24) is 35.4 Å². The first-order chi connectivity index (χ1) is 19.1. The Morgan fingerprint density at radius 2 is 2.00 bits per heavy atom. The second-order valence-corrected chi connectivity index (χ2v) is 11.5. The molecule has 2 N–H and O–H groups in total. The van der Waals surface area contributed by atoms with Gasteiger partial charge in [0.05, 0.1) is 11.8 Å². The summed E-state index contributed by atoms with van der Waals surface area (Å²) in [5, 5.41) is 25.6. The number of amides is 2. The molecule has 0 bridgehead atoms. The van der Waals surface area contributed by atoms with Crippen molar-refractivity contribution in [2.24, 2.45) is 5.41 Å². The lowest BCUT2D eigenvalue weighted by atomic mass is 9.85. The van der Waals surface area contributed by atoms with Crippen molar-refractivity contribution in [3.63, 3.8) is 0 Å². The molecule has 0 spiro atoms. The Balaban J connectivity index is 1.17. The third kappa shape index (κ3) is 6.46. The lowest BCUT2D eigenvalue weighted by Crippen LogP contribution is -2.50. The van der Waals surface area contributed by atoms with E-state index in [-0.39, 0.29) is 49.6 Å². The number of aliphatic hydroxyl groups is 1. The van der Waals surface area contributed by atoms with Crippen LogP contribution in [0.5, 0.6) is 5.75 Å². The van der Waals surface area contributed by atoms with E-state index in [9.17, 15) is 19.1 Å². The van der Waals surface area contributed by atoms with Gasteiger partial charge >= 0.3 is 0 Å². The number of carbonyl (C=O) groups excluding carboxylic acids is 2. The van der Waals surface area contributed by atoms with E-state index in [1.54, 1.807) is 4.68 Å². The molecule has 3 atom stereocenters. The fourth-order valence-corrected chi connectivity index (χ4v) is 4.87. The number of carbonyl (C=O) groups is 2. The van der Waals surface area contributed by atoms with E-state index < -0.39 is 23.6 Å². The third-order valence-corrected chi connectivity index (χ3v) is 7.04. The van der Waals surface area contributed by atoms with Crippen molar-refractivity contribution >= 4 is 11.8 Å². The van der Waals surface area contributed by atoms with E-state index in [1.165, 1.54) is 29.2 Å². The SMILES string of the molecule is CC(C)(C)[C@@H](C(=O)N1C[C@H](O)C[C@H]1C(=O)NCCc1noc(COc2ccc(F)cc2)n1)n1cc(C2CC2)nn1. The monoisotopic (exact) mass is 555 g/mol. The second-order valence-electron chi connectivity index (χ2n) is 11.5. The first-order valence-electron chi connectivity index (χ1n) is 13.5. The lowest BCUT2D eigenvalue weighted by molar-refractivity contribution is -0.144. The Morgan fingerprint density at radius 3 is 2.70 bits per heavy atom. The molecular weight excluding hydrogens is 521 g/mol. The second kappa shape index (κ2) is 11.3. The maximum atomic E-state index is 13.8. The van der Waals surface area contributed by atoms with Crippen LogP contribution in [0.2, 0.25) is 0 Å². The van der Waals surface area contributed by atoms with Crippen molar-refractivity contribution in [3.05, 3.63) is 53.7 Å². The Morgan fingerprint density at radius 1 is 1.25 bits per heavy atom. The van der Waals surface area contributed by atoms with E-state index in [4.69, 9.17) is 9.26 Å². The summed E-state index contributed by atoms with van der Waals surface area (Å²) < 4.78 is 25.3. The number of ether oxygens (including phenoxy) is 1. The zero-order valence-electron chi connectivity index (χ0n) is 22.8. The number of aromatic nitrogens is 5. The van der Waals surface area contributed by atoms with Crippen LogP contribution in [-0.4, -0.2) is 72.2 Å². The van der Waals surface area contributed by atoms with Gasteiger partial charge in [0, 0.05) is 38.0 Å². The van der Waals surface area contributed by atoms with E-state index in [0.29, 0.717) is 23.9 Å². The maximum absolute atomic E-state index is 13.8. The number of nitrogens with one attached hydrogen (secondary N) is 1. The van der Waals surface area contributed by atoms with Crippen LogP contribution in [0.4, 0.5) is 4.39 Å². The highest BCUT2D eigenvalue weighted by Gasteiger charge is 2.45. The molecular formula is C27H34FN7O5. The first-order valence-corrected chi connectivity index (χ1v) is 13.5. The van der Waals surface area contributed by atoms with E-state index in [0.717, 1.165) is 18.5 Å². The molecule has 13 heteroatoms. The Labute approximate surface area is 230 Å². The number of nitrogens with zero attached hydrogens (tertiary/aromatic N) is 6. The van der Waals surface area contributed by atoms with E-state index >= 15 is 0 Å². The molecule has 1 aromatic carbocycles. The summed E-state index contributed by atoms with van der Waals surface area (Å²) in [6.45, 7) is 6.13. The largest absolute Gasteiger partial charge is 0.484 e. The predicted molar refractivity (Wildman–Crippen MR) is 138 cm³/mol. The first kappa shape index (κ1) is 27.7. The van der Waals surface area contributed by atoms with Gasteiger partial charge in [-0.25, -0.2) is 9.07 Å². The summed E-state index contributed by atoms with van der Waals surface area (Å²) >= 11 is 0. The minimum absolute atomic E-state index is 0.0187. The highest BCUT2D eigenvalue weighted by atomic mass is 19.1. The van der Waals surface area contributed by atoms with Crippen molar-refractivity contribution < 1.29 is 28.3 Å². The third-order valence-electron chi connectivity index (χ3n) is 7.04. The Bertz CT molecular complexity index is 1330. The van der Waals surface area contributed by atoms with Crippen molar-refractivity contribution in [2.45, 2.75) is 77.2 Å². The minimum Gasteiger partial charge on any atom is -0.484 e. The average Bonchev–Trinajstić information content (AvgIpc) is 3.27. The van der Waals surface area contributed by atoms with Crippen LogP contribution in [-0.2, 0) is 22.6 Å². The van der Waals surface area contributed by atoms with E-state index in [2.05, 4.69) is 25.8 Å². The quantitative estimate of drug-likeness (QED) is 0.384. The molecule has 2 aliphatic rings. The Hall–Kier alpha value is -3.87.